The van der Waals surface area contributed by atoms with Crippen molar-refractivity contribution in [2.75, 3.05) is 11.9 Å². The first-order chi connectivity index (χ1) is 12.8. The molecule has 2 aromatic rings. The fraction of sp³-hybridized carbons (Fsp3) is 0.364. The van der Waals surface area contributed by atoms with Crippen LogP contribution in [0, 0.1) is 19.8 Å². The number of amides is 1. The number of carbonyl (C=O) groups excluding carboxylic acids is 2. The number of esters is 1. The summed E-state index contributed by atoms with van der Waals surface area (Å²) in [6.45, 7) is 10.1. The van der Waals surface area contributed by atoms with Crippen LogP contribution in [0.5, 0.6) is 5.75 Å². The van der Waals surface area contributed by atoms with Crippen molar-refractivity contribution in [3.63, 3.8) is 0 Å². The van der Waals surface area contributed by atoms with E-state index >= 15 is 0 Å². The third kappa shape index (κ3) is 6.13. The minimum atomic E-state index is -0.919. The lowest BCUT2D eigenvalue weighted by Gasteiger charge is -2.15. The Bertz CT molecular complexity index is 814. The number of ether oxygens (including phenoxy) is 2. The molecule has 1 amide bonds. The van der Waals surface area contributed by atoms with Crippen molar-refractivity contribution in [1.82, 2.24) is 0 Å². The van der Waals surface area contributed by atoms with E-state index in [0.29, 0.717) is 29.5 Å². The molecule has 0 heterocycles. The summed E-state index contributed by atoms with van der Waals surface area (Å²) in [5.74, 6) is 0.0536. The van der Waals surface area contributed by atoms with Crippen LogP contribution in [-0.2, 0) is 9.53 Å². The Morgan fingerprint density at radius 1 is 1.04 bits per heavy atom. The van der Waals surface area contributed by atoms with Gasteiger partial charge < -0.3 is 14.8 Å². The molecule has 27 heavy (non-hydrogen) atoms. The highest BCUT2D eigenvalue weighted by Gasteiger charge is 2.20. The summed E-state index contributed by atoms with van der Waals surface area (Å²) in [6.07, 6.45) is -0.919. The maximum Gasteiger partial charge on any atom is 0.339 e. The molecule has 0 radical (unpaired) electrons. The van der Waals surface area contributed by atoms with Gasteiger partial charge in [-0.05, 0) is 62.1 Å². The van der Waals surface area contributed by atoms with Gasteiger partial charge in [0.1, 0.15) is 5.75 Å². The molecule has 0 saturated carbocycles. The minimum absolute atomic E-state index is 0.350. The second kappa shape index (κ2) is 9.21. The Balaban J connectivity index is 1.99. The van der Waals surface area contributed by atoms with Crippen LogP contribution in [0.2, 0.25) is 0 Å². The highest BCUT2D eigenvalue weighted by molar-refractivity contribution is 5.97. The van der Waals surface area contributed by atoms with Gasteiger partial charge in [0.05, 0.1) is 12.2 Å². The smallest absolute Gasteiger partial charge is 0.339 e. The molecule has 0 saturated heterocycles. The first-order valence-electron chi connectivity index (χ1n) is 9.08. The van der Waals surface area contributed by atoms with E-state index in [0.717, 1.165) is 11.1 Å². The molecular formula is C22H27NO4. The van der Waals surface area contributed by atoms with E-state index in [1.165, 1.54) is 0 Å². The first kappa shape index (κ1) is 20.5. The summed E-state index contributed by atoms with van der Waals surface area (Å²) in [5, 5.41) is 2.81. The highest BCUT2D eigenvalue weighted by atomic mass is 16.5. The van der Waals surface area contributed by atoms with Crippen molar-refractivity contribution in [3.8, 4) is 5.75 Å². The number of hydrogen-bond donors (Lipinski definition) is 1. The average Bonchev–Trinajstić information content (AvgIpc) is 2.63. The lowest BCUT2D eigenvalue weighted by Crippen LogP contribution is -2.30. The Morgan fingerprint density at radius 2 is 1.78 bits per heavy atom. The molecule has 0 aliphatic rings. The van der Waals surface area contributed by atoms with Gasteiger partial charge in [0.25, 0.3) is 5.91 Å². The van der Waals surface area contributed by atoms with Crippen molar-refractivity contribution in [3.05, 3.63) is 59.2 Å². The molecule has 0 aliphatic heterocycles. The predicted octanol–water partition coefficient (Wildman–Crippen LogP) is 4.52. The summed E-state index contributed by atoms with van der Waals surface area (Å²) in [7, 11) is 0. The van der Waals surface area contributed by atoms with E-state index < -0.39 is 12.1 Å². The number of hydrogen-bond acceptors (Lipinski definition) is 4. The van der Waals surface area contributed by atoms with Crippen molar-refractivity contribution in [1.29, 1.82) is 0 Å². The summed E-state index contributed by atoms with van der Waals surface area (Å²) in [5.41, 5.74) is 3.05. The van der Waals surface area contributed by atoms with Crippen molar-refractivity contribution >= 4 is 17.6 Å². The van der Waals surface area contributed by atoms with Crippen LogP contribution < -0.4 is 10.1 Å². The van der Waals surface area contributed by atoms with Gasteiger partial charge in [-0.2, -0.15) is 0 Å². The number of rotatable bonds is 7. The van der Waals surface area contributed by atoms with Crippen molar-refractivity contribution < 1.29 is 19.1 Å². The molecule has 1 N–H and O–H groups in total. The van der Waals surface area contributed by atoms with E-state index in [1.807, 2.05) is 45.9 Å². The Labute approximate surface area is 160 Å². The van der Waals surface area contributed by atoms with E-state index in [4.69, 9.17) is 9.47 Å². The lowest BCUT2D eigenvalue weighted by atomic mass is 10.1. The SMILES string of the molecule is Cc1ccc(C)c(NC(=O)C(C)OC(=O)c2cccc(OCC(C)C)c2)c1. The highest BCUT2D eigenvalue weighted by Crippen LogP contribution is 2.18. The van der Waals surface area contributed by atoms with E-state index in [2.05, 4.69) is 5.32 Å². The zero-order valence-corrected chi connectivity index (χ0v) is 16.5. The van der Waals surface area contributed by atoms with Crippen LogP contribution in [0.4, 0.5) is 5.69 Å². The molecular weight excluding hydrogens is 342 g/mol. The molecule has 0 aliphatic carbocycles. The van der Waals surface area contributed by atoms with Crippen LogP contribution in [0.25, 0.3) is 0 Å². The molecule has 1 unspecified atom stereocenters. The lowest BCUT2D eigenvalue weighted by molar-refractivity contribution is -0.123. The molecule has 2 aromatic carbocycles. The van der Waals surface area contributed by atoms with Crippen LogP contribution in [0.1, 0.15) is 42.3 Å². The summed E-state index contributed by atoms with van der Waals surface area (Å²) >= 11 is 0. The minimum Gasteiger partial charge on any atom is -0.493 e. The van der Waals surface area contributed by atoms with Gasteiger partial charge >= 0.3 is 5.97 Å². The van der Waals surface area contributed by atoms with E-state index in [1.54, 1.807) is 31.2 Å². The Hall–Kier alpha value is -2.82. The molecule has 1 atom stereocenters. The summed E-state index contributed by atoms with van der Waals surface area (Å²) in [6, 6.07) is 12.6. The van der Waals surface area contributed by atoms with Gasteiger partial charge in [-0.25, -0.2) is 4.79 Å². The number of anilines is 1. The number of benzene rings is 2. The normalized spacial score (nSPS) is 11.8. The quantitative estimate of drug-likeness (QED) is 0.729. The average molecular weight is 369 g/mol. The van der Waals surface area contributed by atoms with Crippen LogP contribution in [-0.4, -0.2) is 24.6 Å². The Kier molecular flexibility index (Phi) is 6.99. The van der Waals surface area contributed by atoms with Gasteiger partial charge in [-0.1, -0.05) is 32.0 Å². The molecule has 0 spiro atoms. The van der Waals surface area contributed by atoms with Crippen LogP contribution >= 0.6 is 0 Å². The largest absolute Gasteiger partial charge is 0.493 e. The van der Waals surface area contributed by atoms with Gasteiger partial charge in [0.15, 0.2) is 6.10 Å². The standard InChI is InChI=1S/C22H27NO4/c1-14(2)13-26-19-8-6-7-18(12-19)22(25)27-17(5)21(24)23-20-11-15(3)9-10-16(20)4/h6-12,14,17H,13H2,1-5H3,(H,23,24). The number of nitrogens with one attached hydrogen (secondary N) is 1. The predicted molar refractivity (Wildman–Crippen MR) is 106 cm³/mol. The van der Waals surface area contributed by atoms with Gasteiger partial charge in [0, 0.05) is 5.69 Å². The van der Waals surface area contributed by atoms with Crippen LogP contribution in [0.3, 0.4) is 0 Å². The fourth-order valence-electron chi connectivity index (χ4n) is 2.36. The maximum atomic E-state index is 12.4. The first-order valence-corrected chi connectivity index (χ1v) is 9.08. The number of carbonyl (C=O) groups is 2. The summed E-state index contributed by atoms with van der Waals surface area (Å²) < 4.78 is 10.9. The second-order valence-corrected chi connectivity index (χ2v) is 7.09. The third-order valence-electron chi connectivity index (χ3n) is 3.96. The van der Waals surface area contributed by atoms with Crippen molar-refractivity contribution in [2.45, 2.75) is 40.7 Å². The second-order valence-electron chi connectivity index (χ2n) is 7.09. The monoisotopic (exact) mass is 369 g/mol. The summed E-state index contributed by atoms with van der Waals surface area (Å²) in [4.78, 5) is 24.7. The third-order valence-corrected chi connectivity index (χ3v) is 3.96. The van der Waals surface area contributed by atoms with Crippen LogP contribution in [0.15, 0.2) is 42.5 Å². The molecule has 144 valence electrons. The number of aryl methyl sites for hydroxylation is 2. The maximum absolute atomic E-state index is 12.4. The molecule has 0 fully saturated rings. The molecule has 5 heteroatoms. The fourth-order valence-corrected chi connectivity index (χ4v) is 2.36. The zero-order valence-electron chi connectivity index (χ0n) is 16.5. The zero-order chi connectivity index (χ0) is 20.0. The van der Waals surface area contributed by atoms with E-state index in [-0.39, 0.29) is 5.91 Å². The van der Waals surface area contributed by atoms with Crippen molar-refractivity contribution in [2.24, 2.45) is 5.92 Å². The molecule has 2 rings (SSSR count). The van der Waals surface area contributed by atoms with Gasteiger partial charge in [-0.15, -0.1) is 0 Å². The van der Waals surface area contributed by atoms with E-state index in [9.17, 15) is 9.59 Å². The van der Waals surface area contributed by atoms with Gasteiger partial charge in [0.2, 0.25) is 0 Å². The van der Waals surface area contributed by atoms with Gasteiger partial charge in [-0.3, -0.25) is 4.79 Å². The molecule has 0 aromatic heterocycles. The molecule has 5 nitrogen and oxygen atoms in total. The molecule has 0 bridgehead atoms. The Morgan fingerprint density at radius 3 is 2.48 bits per heavy atom. The topological polar surface area (TPSA) is 64.6 Å².